The molecule has 0 bridgehead atoms. The van der Waals surface area contributed by atoms with Gasteiger partial charge in [0.2, 0.25) is 0 Å². The Morgan fingerprint density at radius 3 is 0.929 bits per heavy atom. The lowest BCUT2D eigenvalue weighted by molar-refractivity contribution is 0.00578. The first-order valence-corrected chi connectivity index (χ1v) is 34.3. The molecule has 1 heterocycles. The van der Waals surface area contributed by atoms with Gasteiger partial charge in [-0.15, -0.1) is 0 Å². The van der Waals surface area contributed by atoms with Gasteiger partial charge in [-0.3, -0.25) is 0 Å². The van der Waals surface area contributed by atoms with Gasteiger partial charge in [0.05, 0.1) is 17.3 Å². The molecule has 3 heteroatoms. The zero-order valence-corrected chi connectivity index (χ0v) is 57.3. The van der Waals surface area contributed by atoms with E-state index >= 15 is 0 Å². The van der Waals surface area contributed by atoms with E-state index in [4.69, 9.17) is 9.31 Å². The Labute approximate surface area is 578 Å². The van der Waals surface area contributed by atoms with E-state index in [9.17, 15) is 0 Å². The Balaban J connectivity index is 0.000000126. The first-order chi connectivity index (χ1) is 47.6. The van der Waals surface area contributed by atoms with Crippen molar-refractivity contribution in [1.82, 2.24) is 0 Å². The molecule has 0 N–H and O–H groups in total. The van der Waals surface area contributed by atoms with Crippen LogP contribution >= 0.6 is 0 Å². The molecule has 2 nitrogen and oxygen atoms in total. The minimum atomic E-state index is -0.381. The molecule has 15 aromatic rings. The van der Waals surface area contributed by atoms with E-state index in [-0.39, 0.29) is 18.3 Å². The van der Waals surface area contributed by atoms with Gasteiger partial charge in [0.1, 0.15) is 23.3 Å². The van der Waals surface area contributed by atoms with Crippen LogP contribution in [0.4, 0.5) is 0 Å². The Morgan fingerprint density at radius 1 is 0.245 bits per heavy atom. The van der Waals surface area contributed by atoms with Crippen LogP contribution in [0.25, 0.3) is 144 Å². The van der Waals surface area contributed by atoms with Crippen LogP contribution in [0.3, 0.4) is 0 Å². The highest BCUT2D eigenvalue weighted by Gasteiger charge is 2.52. The van der Waals surface area contributed by atoms with Gasteiger partial charge in [0, 0.05) is 22.2 Å². The van der Waals surface area contributed by atoms with Crippen molar-refractivity contribution >= 4 is 78.6 Å². The standard InChI is InChI=1S/C44H32.C26H29BO2.C25H17/c1-29-10-7-12-31(22-29)36-25-37(32-13-8-11-30(2)23-32)27-38(26-36)34-15-9-14-33(24-34)35-20-21-43-41-18-4-3-16-39(41)40-17-5-6-19-42(40)44(43)28-35;1-18-9-7-11-20(13-18)22-15-23(21-12-8-10-19(2)14-21)17-24(16-22)27-28-25(3,4)26(5,6)29-27;1-17-7-6-8-18(15-17)19-13-14-24-22-11-3-2-9-20(22)21-10-4-5-12-23(21)25(24)16-19/h3-28H,1-2H3;7-17H,1-6H3;3-16H,1H3/q;;+1. The van der Waals surface area contributed by atoms with Crippen LogP contribution in [0.5, 0.6) is 0 Å². The lowest BCUT2D eigenvalue weighted by atomic mass is 9.76. The minimum absolute atomic E-state index is 0.361. The van der Waals surface area contributed by atoms with Crippen LogP contribution in [0.15, 0.2) is 297 Å². The summed E-state index contributed by atoms with van der Waals surface area (Å²) >= 11 is 0. The minimum Gasteiger partial charge on any atom is -0.399 e. The summed E-state index contributed by atoms with van der Waals surface area (Å²) in [5, 5.41) is 13.0. The fourth-order valence-electron chi connectivity index (χ4n) is 14.3. The largest absolute Gasteiger partial charge is 0.494 e. The maximum atomic E-state index is 6.36. The summed E-state index contributed by atoms with van der Waals surface area (Å²) in [5.74, 6) is 0. The lowest BCUT2D eigenvalue weighted by Gasteiger charge is -2.32. The highest BCUT2D eigenvalue weighted by Crippen LogP contribution is 2.43. The molecule has 0 spiro atoms. The maximum absolute atomic E-state index is 6.36. The zero-order chi connectivity index (χ0) is 67.2. The topological polar surface area (TPSA) is 18.5 Å². The maximum Gasteiger partial charge on any atom is 0.494 e. The number of fused-ring (bicyclic) bond motifs is 12. The Hall–Kier alpha value is -11.0. The molecule has 1 fully saturated rings. The summed E-state index contributed by atoms with van der Waals surface area (Å²) in [7, 11) is -0.381. The third-order valence-electron chi connectivity index (χ3n) is 20.1. The number of allylic oxidation sites excluding steroid dienone is 2. The van der Waals surface area contributed by atoms with Gasteiger partial charge in [0.25, 0.3) is 0 Å². The summed E-state index contributed by atoms with van der Waals surface area (Å²) < 4.78 is 12.7. The molecule has 0 aromatic heterocycles. The van der Waals surface area contributed by atoms with Gasteiger partial charge in [-0.2, -0.15) is 0 Å². The second-order valence-electron chi connectivity index (χ2n) is 27.8. The predicted molar refractivity (Wildman–Crippen MR) is 421 cm³/mol. The summed E-state index contributed by atoms with van der Waals surface area (Å²) in [6, 6.07) is 106. The van der Waals surface area contributed by atoms with Crippen molar-refractivity contribution in [3.05, 3.63) is 342 Å². The van der Waals surface area contributed by atoms with Crippen molar-refractivity contribution in [3.63, 3.8) is 0 Å². The average molecular weight is 1260 g/mol. The molecular weight excluding hydrogens is 1180 g/mol. The number of aryl methyl sites for hydroxylation is 5. The molecule has 0 radical (unpaired) electrons. The first kappa shape index (κ1) is 63.1. The molecular formula is C95H78BO2+. The Kier molecular flexibility index (Phi) is 16.8. The van der Waals surface area contributed by atoms with Crippen LogP contribution in [0.2, 0.25) is 0 Å². The molecule has 0 saturated carbocycles. The third kappa shape index (κ3) is 12.6. The molecule has 0 unspecified atom stereocenters. The molecule has 2 aliphatic rings. The van der Waals surface area contributed by atoms with Gasteiger partial charge in [-0.25, -0.2) is 0 Å². The van der Waals surface area contributed by atoms with Crippen molar-refractivity contribution in [3.8, 4) is 77.9 Å². The average Bonchev–Trinajstić information content (AvgIpc) is 0.960. The second kappa shape index (κ2) is 26.2. The van der Waals surface area contributed by atoms with Crippen LogP contribution in [-0.4, -0.2) is 18.3 Å². The van der Waals surface area contributed by atoms with E-state index in [2.05, 4.69) is 372 Å². The van der Waals surface area contributed by atoms with Gasteiger partial charge < -0.3 is 9.31 Å². The highest BCUT2D eigenvalue weighted by atomic mass is 16.7. The summed E-state index contributed by atoms with van der Waals surface area (Å²) in [6.45, 7) is 19.1. The number of hydrogen-bond donors (Lipinski definition) is 0. The van der Waals surface area contributed by atoms with Crippen LogP contribution in [0, 0.1) is 40.7 Å². The molecule has 17 rings (SSSR count). The molecule has 15 aromatic carbocycles. The summed E-state index contributed by atoms with van der Waals surface area (Å²) in [5.41, 5.74) is 26.4. The highest BCUT2D eigenvalue weighted by molar-refractivity contribution is 6.62. The van der Waals surface area contributed by atoms with Crippen LogP contribution in [-0.2, 0) is 9.31 Å². The molecule has 1 saturated heterocycles. The summed E-state index contributed by atoms with van der Waals surface area (Å²) in [4.78, 5) is 0. The predicted octanol–water partition coefficient (Wildman–Crippen LogP) is 25.2. The molecule has 0 atom stereocenters. The smallest absolute Gasteiger partial charge is 0.399 e. The van der Waals surface area contributed by atoms with Crippen LogP contribution in [0.1, 0.15) is 66.6 Å². The van der Waals surface area contributed by atoms with Gasteiger partial charge >= 0.3 is 7.12 Å². The van der Waals surface area contributed by atoms with E-state index < -0.39 is 0 Å². The van der Waals surface area contributed by atoms with Crippen molar-refractivity contribution in [2.75, 3.05) is 0 Å². The van der Waals surface area contributed by atoms with E-state index in [0.29, 0.717) is 0 Å². The molecule has 98 heavy (non-hydrogen) atoms. The lowest BCUT2D eigenvalue weighted by Crippen LogP contribution is -2.41. The Bertz CT molecular complexity index is 5480. The second-order valence-corrected chi connectivity index (χ2v) is 27.8. The number of hydrogen-bond acceptors (Lipinski definition) is 2. The van der Waals surface area contributed by atoms with Gasteiger partial charge in [0.15, 0.2) is 0 Å². The first-order valence-electron chi connectivity index (χ1n) is 34.3. The quantitative estimate of drug-likeness (QED) is 0.0858. The normalized spacial score (nSPS) is 13.5. The van der Waals surface area contributed by atoms with Gasteiger partial charge in [-0.05, 0) is 232 Å². The SMILES string of the molecule is Cc1cccc(-c2cc(-c3cccc(C)c3)cc(-c3cccc(-c4ccc5c6ccccc6c6ccccc6c5c4)c3)c2)c1.Cc1cccc(-c2cc(B3OC(C)(C)C(C)(C)O3)cc(-c3cccc(C)c3)c2)c1.Cc1cccc(-c2ccc3c4c(c5ccccc5c3c2)C=[C+]C=C4)c1. The fourth-order valence-corrected chi connectivity index (χ4v) is 14.3. The summed E-state index contributed by atoms with van der Waals surface area (Å²) in [6.07, 6.45) is 9.52. The van der Waals surface area contributed by atoms with Gasteiger partial charge in [-0.1, -0.05) is 270 Å². The van der Waals surface area contributed by atoms with E-state index in [1.54, 1.807) is 0 Å². The number of rotatable bonds is 8. The number of benzene rings is 15. The Morgan fingerprint density at radius 2 is 0.520 bits per heavy atom. The third-order valence-corrected chi connectivity index (χ3v) is 20.1. The van der Waals surface area contributed by atoms with E-state index in [1.165, 1.54) is 171 Å². The zero-order valence-electron chi connectivity index (χ0n) is 57.3. The molecule has 0 amide bonds. The van der Waals surface area contributed by atoms with Crippen molar-refractivity contribution < 1.29 is 9.31 Å². The monoisotopic (exact) mass is 1260 g/mol. The molecule has 472 valence electrons. The van der Waals surface area contributed by atoms with Crippen LogP contribution < -0.4 is 5.46 Å². The van der Waals surface area contributed by atoms with E-state index in [1.807, 2.05) is 6.08 Å². The fraction of sp³-hybridized carbons (Fsp3) is 0.116. The molecule has 1 aliphatic carbocycles. The van der Waals surface area contributed by atoms with Crippen molar-refractivity contribution in [2.45, 2.75) is 73.5 Å². The molecule has 1 aliphatic heterocycles. The van der Waals surface area contributed by atoms with E-state index in [0.717, 1.165) is 5.46 Å². The van der Waals surface area contributed by atoms with Crippen molar-refractivity contribution in [2.24, 2.45) is 0 Å². The van der Waals surface area contributed by atoms with Crippen molar-refractivity contribution in [1.29, 1.82) is 0 Å².